The Kier molecular flexibility index (Phi) is 23.6. The Morgan fingerprint density at radius 2 is 1.07 bits per heavy atom. The molecule has 8 nitrogen and oxygen atoms in total. The second-order valence-electron chi connectivity index (χ2n) is 28.3. The van der Waals surface area contributed by atoms with Gasteiger partial charge in [-0.2, -0.15) is 35.4 Å². The minimum Gasteiger partial charge on any atom is -0.573 e. The molecule has 14 rings (SSSR count). The van der Waals surface area contributed by atoms with Crippen LogP contribution in [0.25, 0.3) is 22.8 Å². The number of aromatic amines is 1. The van der Waals surface area contributed by atoms with Crippen LogP contribution in [0.4, 0.5) is 0 Å². The Morgan fingerprint density at radius 1 is 0.620 bits per heavy atom. The van der Waals surface area contributed by atoms with Gasteiger partial charge in [-0.05, 0) is 155 Å². The van der Waals surface area contributed by atoms with E-state index in [0.717, 1.165) is 42.0 Å². The van der Waals surface area contributed by atoms with E-state index in [-0.39, 0.29) is 85.6 Å². The molecular formula is C80H90N6NaO2P2Pt+. The van der Waals surface area contributed by atoms with Crippen LogP contribution in [0.5, 0.6) is 0 Å². The zero-order valence-corrected chi connectivity index (χ0v) is 62.6. The number of carboxylic acids is 1. The summed E-state index contributed by atoms with van der Waals surface area (Å²) in [6.07, 6.45) is 11.0. The second kappa shape index (κ2) is 30.2. The van der Waals surface area contributed by atoms with E-state index in [0.29, 0.717) is 17.3 Å². The summed E-state index contributed by atoms with van der Waals surface area (Å²) >= 11 is 0. The molecular weight excluding hydrogens is 1360 g/mol. The molecule has 4 bridgehead atoms. The summed E-state index contributed by atoms with van der Waals surface area (Å²) in [5, 5.41) is 32.0. The number of pyridine rings is 2. The minimum absolute atomic E-state index is 0. The monoisotopic (exact) mass is 1450 g/mol. The minimum atomic E-state index is -1.08. The molecule has 92 heavy (non-hydrogen) atoms. The standard InChI is InChI=1S/C20H27N3.C20H26N3.C19H17P.C19H16P.C2H4O2.Na.Pt/c2*1-18(2,3)12-8-10-21-14(11-12)16-15-13-7-9-20(6,19(13,4)5)17(15)23-22-16;2*1-4-10-17(11-5-1)16-20(18-12-6-2-7-13-18)19-14-8-3-9-15-19;1-2(3)4;;/h8,10-11,13H,7,9H2,1-6H3,(H,22,23);8,10-11,13H,7,9H2,1-6H3;1-15H,16H2;1-10,12-15H,16H2;1H3,(H,3,4);;/q;-1;;-1;;+1;+2. The zero-order chi connectivity index (χ0) is 64.1. The van der Waals surface area contributed by atoms with Crippen LogP contribution in [-0.2, 0) is 59.8 Å². The number of fused-ring (bicyclic) bond motifs is 10. The van der Waals surface area contributed by atoms with Crippen molar-refractivity contribution < 1.29 is 60.5 Å². The third kappa shape index (κ3) is 15.4. The van der Waals surface area contributed by atoms with Crippen LogP contribution in [0.15, 0.2) is 213 Å². The van der Waals surface area contributed by atoms with E-state index in [2.05, 4.69) is 302 Å². The van der Waals surface area contributed by atoms with Gasteiger partial charge in [0, 0.05) is 58.0 Å². The third-order valence-electron chi connectivity index (χ3n) is 20.2. The van der Waals surface area contributed by atoms with Crippen LogP contribution in [0, 0.1) is 16.9 Å². The number of rotatable bonds is 10. The van der Waals surface area contributed by atoms with Gasteiger partial charge in [0.15, 0.2) is 0 Å². The van der Waals surface area contributed by atoms with Gasteiger partial charge in [-0.15, -0.1) is 5.56 Å². The number of carboxylic acid groups (broad SMARTS) is 1. The molecule has 4 heterocycles. The first-order valence-electron chi connectivity index (χ1n) is 32.0. The van der Waals surface area contributed by atoms with Gasteiger partial charge in [0.05, 0.1) is 30.4 Å². The van der Waals surface area contributed by atoms with E-state index in [9.17, 15) is 0 Å². The molecule has 472 valence electrons. The maximum absolute atomic E-state index is 8.89. The summed E-state index contributed by atoms with van der Waals surface area (Å²) in [5.41, 5.74) is 16.0. The first-order valence-corrected chi connectivity index (χ1v) is 35.2. The number of nitrogens with zero attached hydrogens (tertiary/aromatic N) is 5. The summed E-state index contributed by atoms with van der Waals surface area (Å²) in [7, 11) is -1.11. The van der Waals surface area contributed by atoms with Crippen LogP contribution in [0.3, 0.4) is 0 Å². The van der Waals surface area contributed by atoms with Gasteiger partial charge < -0.3 is 20.1 Å². The number of nitrogens with one attached hydrogen (secondary N) is 1. The molecule has 4 aromatic heterocycles. The largest absolute Gasteiger partial charge is 2.00 e. The average molecular weight is 1450 g/mol. The van der Waals surface area contributed by atoms with Gasteiger partial charge in [-0.25, -0.2) is 0 Å². The molecule has 1 N–H and O–H groups in total. The predicted molar refractivity (Wildman–Crippen MR) is 376 cm³/mol. The van der Waals surface area contributed by atoms with Crippen molar-refractivity contribution in [3.05, 3.63) is 263 Å². The van der Waals surface area contributed by atoms with Crippen molar-refractivity contribution in [2.24, 2.45) is 10.8 Å². The number of benzene rings is 6. The molecule has 0 amide bonds. The van der Waals surface area contributed by atoms with Gasteiger partial charge in [-0.1, -0.05) is 216 Å². The quantitative estimate of drug-likeness (QED) is 0.0822. The Bertz CT molecular complexity index is 3650. The summed E-state index contributed by atoms with van der Waals surface area (Å²) in [5.74, 6) is 0.0731. The fraction of sp³-hybridized carbons (Fsp3) is 0.338. The van der Waals surface area contributed by atoms with Crippen molar-refractivity contribution in [2.45, 2.75) is 162 Å². The predicted octanol–water partition coefficient (Wildman–Crippen LogP) is 13.4. The van der Waals surface area contributed by atoms with Crippen molar-refractivity contribution in [1.82, 2.24) is 30.4 Å². The summed E-state index contributed by atoms with van der Waals surface area (Å²) in [4.78, 5) is 18.2. The van der Waals surface area contributed by atoms with Crippen LogP contribution in [0.2, 0.25) is 0 Å². The molecule has 12 heteroatoms. The van der Waals surface area contributed by atoms with Gasteiger partial charge in [0.25, 0.3) is 0 Å². The van der Waals surface area contributed by atoms with E-state index in [1.54, 1.807) is 0 Å². The van der Waals surface area contributed by atoms with Gasteiger partial charge in [0.2, 0.25) is 0 Å². The molecule has 2 saturated carbocycles. The summed E-state index contributed by atoms with van der Waals surface area (Å²) in [6.45, 7) is 28.8. The Labute approximate surface area is 587 Å². The molecule has 10 aromatic rings. The molecule has 0 aliphatic heterocycles. The summed E-state index contributed by atoms with van der Waals surface area (Å²) in [6, 6.07) is 74.6. The van der Waals surface area contributed by atoms with Crippen molar-refractivity contribution >= 4 is 43.0 Å². The number of aromatic nitrogens is 6. The average Bonchev–Trinajstić information content (AvgIpc) is 1.53. The van der Waals surface area contributed by atoms with Crippen LogP contribution in [0.1, 0.15) is 172 Å². The molecule has 6 aromatic carbocycles. The normalized spacial score (nSPS) is 19.0. The topological polar surface area (TPSA) is 122 Å². The fourth-order valence-corrected chi connectivity index (χ4v) is 19.0. The number of hydrogen-bond donors (Lipinski definition) is 1. The van der Waals surface area contributed by atoms with E-state index in [1.807, 2.05) is 24.5 Å². The molecule has 0 saturated heterocycles. The maximum Gasteiger partial charge on any atom is 2.00 e. The van der Waals surface area contributed by atoms with Crippen molar-refractivity contribution in [3.63, 3.8) is 0 Å². The number of aliphatic carboxylic acids is 1. The van der Waals surface area contributed by atoms with Crippen molar-refractivity contribution in [1.29, 1.82) is 0 Å². The summed E-state index contributed by atoms with van der Waals surface area (Å²) < 4.78 is 0. The zero-order valence-electron chi connectivity index (χ0n) is 56.4. The van der Waals surface area contributed by atoms with Crippen LogP contribution in [-0.4, -0.2) is 31.2 Å². The third-order valence-corrected chi connectivity index (χ3v) is 25.5. The molecule has 2 fully saturated rings. The van der Waals surface area contributed by atoms with E-state index < -0.39 is 13.9 Å². The Morgan fingerprint density at radius 3 is 1.57 bits per heavy atom. The number of carbonyl (C=O) groups is 1. The number of carbonyl (C=O) groups excluding carboxylic acids is 1. The van der Waals surface area contributed by atoms with Crippen LogP contribution < -0.4 is 61.0 Å². The van der Waals surface area contributed by atoms with Crippen molar-refractivity contribution in [2.75, 3.05) is 0 Å². The first-order chi connectivity index (χ1) is 42.9. The maximum atomic E-state index is 8.89. The number of hydrogen-bond acceptors (Lipinski definition) is 6. The van der Waals surface area contributed by atoms with Crippen molar-refractivity contribution in [3.8, 4) is 22.8 Å². The molecule has 4 atom stereocenters. The van der Waals surface area contributed by atoms with Gasteiger partial charge in [0.1, 0.15) is 5.69 Å². The molecule has 0 spiro atoms. The Hall–Kier alpha value is -5.94. The smallest absolute Gasteiger partial charge is 0.573 e. The first kappa shape index (κ1) is 71.9. The molecule has 0 radical (unpaired) electrons. The SMILES string of the molecule is CC(=O)[O-].CC(C)(C)c1ccnc(-c2[n-]nc3c2C2CCC3(C)C2(C)C)c1.CC(C)(C)c1ccnc(-c2n[nH]c3c2C2CCC3(C)C2(C)C)c1.[Na+].[Pt+2].[c-]1ccccc1C[PH+](c1ccccc1)c1ccccc1.c1ccc(CP(c2ccccc2)c2ccccc2)cc1. The molecule has 4 aliphatic rings. The van der Waals surface area contributed by atoms with Crippen LogP contribution >= 0.6 is 15.8 Å². The fourth-order valence-electron chi connectivity index (χ4n) is 14.2. The second-order valence-corrected chi connectivity index (χ2v) is 33.0. The van der Waals surface area contributed by atoms with E-state index >= 15 is 0 Å². The molecule has 4 aliphatic carbocycles. The van der Waals surface area contributed by atoms with E-state index in [4.69, 9.17) is 15.0 Å². The number of H-pyrrole nitrogens is 1. The molecule has 4 unspecified atom stereocenters. The van der Waals surface area contributed by atoms with Gasteiger partial charge >= 0.3 is 50.6 Å². The van der Waals surface area contributed by atoms with E-state index in [1.165, 1.54) is 91.7 Å². The van der Waals surface area contributed by atoms with Gasteiger partial charge in [-0.3, -0.25) is 15.1 Å². The Balaban J connectivity index is 0.000000154.